The summed E-state index contributed by atoms with van der Waals surface area (Å²) in [5.74, 6) is 0.952. The number of halogens is 1. The molecule has 0 unspecified atom stereocenters. The van der Waals surface area contributed by atoms with Gasteiger partial charge in [-0.1, -0.05) is 0 Å². The van der Waals surface area contributed by atoms with E-state index in [2.05, 4.69) is 33.2 Å². The molecule has 0 aliphatic heterocycles. The SMILES string of the molecule is COCCC1(CNc2nccc(C)c2Br)CC1. The third kappa shape index (κ3) is 3.19. The van der Waals surface area contributed by atoms with Gasteiger partial charge in [0.1, 0.15) is 5.82 Å². The van der Waals surface area contributed by atoms with E-state index in [9.17, 15) is 0 Å². The second-order valence-electron chi connectivity index (χ2n) is 4.89. The fraction of sp³-hybridized carbons (Fsp3) is 0.615. The number of ether oxygens (including phenoxy) is 1. The molecule has 1 saturated carbocycles. The molecule has 0 aromatic carbocycles. The summed E-state index contributed by atoms with van der Waals surface area (Å²) in [6.45, 7) is 3.92. The van der Waals surface area contributed by atoms with Crippen LogP contribution in [0, 0.1) is 12.3 Å². The van der Waals surface area contributed by atoms with Crippen LogP contribution in [0.25, 0.3) is 0 Å². The van der Waals surface area contributed by atoms with Gasteiger partial charge in [-0.05, 0) is 59.2 Å². The molecule has 3 nitrogen and oxygen atoms in total. The minimum atomic E-state index is 0.445. The molecule has 1 fully saturated rings. The number of hydrogen-bond acceptors (Lipinski definition) is 3. The first-order valence-corrected chi connectivity index (χ1v) is 6.80. The summed E-state index contributed by atoms with van der Waals surface area (Å²) in [5.41, 5.74) is 1.66. The Kier molecular flexibility index (Phi) is 4.05. The Balaban J connectivity index is 1.92. The molecule has 1 aliphatic carbocycles. The predicted octanol–water partition coefficient (Wildman–Crippen LogP) is 3.38. The Labute approximate surface area is 111 Å². The average Bonchev–Trinajstić information content (AvgIpc) is 3.09. The second-order valence-corrected chi connectivity index (χ2v) is 5.68. The van der Waals surface area contributed by atoms with Gasteiger partial charge in [0.25, 0.3) is 0 Å². The van der Waals surface area contributed by atoms with Crippen LogP contribution >= 0.6 is 15.9 Å². The lowest BCUT2D eigenvalue weighted by Crippen LogP contribution is -2.18. The maximum atomic E-state index is 5.16. The molecule has 0 bridgehead atoms. The fourth-order valence-corrected chi connectivity index (χ4v) is 2.32. The van der Waals surface area contributed by atoms with E-state index in [1.165, 1.54) is 18.4 Å². The number of pyridine rings is 1. The first-order chi connectivity index (χ1) is 8.17. The smallest absolute Gasteiger partial charge is 0.140 e. The third-order valence-electron chi connectivity index (χ3n) is 3.51. The van der Waals surface area contributed by atoms with Gasteiger partial charge in [-0.2, -0.15) is 0 Å². The van der Waals surface area contributed by atoms with Gasteiger partial charge >= 0.3 is 0 Å². The van der Waals surface area contributed by atoms with Crippen LogP contribution in [0.2, 0.25) is 0 Å². The lowest BCUT2D eigenvalue weighted by molar-refractivity contribution is 0.175. The monoisotopic (exact) mass is 298 g/mol. The van der Waals surface area contributed by atoms with Crippen LogP contribution in [0.3, 0.4) is 0 Å². The highest BCUT2D eigenvalue weighted by Gasteiger charge is 2.41. The van der Waals surface area contributed by atoms with E-state index in [-0.39, 0.29) is 0 Å². The highest BCUT2D eigenvalue weighted by Crippen LogP contribution is 2.48. The van der Waals surface area contributed by atoms with Crippen molar-refractivity contribution in [1.29, 1.82) is 0 Å². The first-order valence-electron chi connectivity index (χ1n) is 6.01. The quantitative estimate of drug-likeness (QED) is 0.874. The largest absolute Gasteiger partial charge is 0.385 e. The minimum absolute atomic E-state index is 0.445. The van der Waals surface area contributed by atoms with Crippen molar-refractivity contribution in [3.63, 3.8) is 0 Å². The standard InChI is InChI=1S/C13H19BrN2O/c1-10-3-7-15-12(11(10)14)16-9-13(4-5-13)6-8-17-2/h3,7H,4-6,8-9H2,1-2H3,(H,15,16). The first kappa shape index (κ1) is 12.8. The van der Waals surface area contributed by atoms with Crippen molar-refractivity contribution >= 4 is 21.7 Å². The van der Waals surface area contributed by atoms with E-state index in [0.717, 1.165) is 29.9 Å². The number of aromatic nitrogens is 1. The van der Waals surface area contributed by atoms with E-state index >= 15 is 0 Å². The molecule has 0 radical (unpaired) electrons. The summed E-state index contributed by atoms with van der Waals surface area (Å²) < 4.78 is 6.23. The molecule has 0 spiro atoms. The summed E-state index contributed by atoms with van der Waals surface area (Å²) in [5, 5.41) is 3.45. The van der Waals surface area contributed by atoms with Gasteiger partial charge in [-0.15, -0.1) is 0 Å². The molecule has 0 atom stereocenters. The Bertz CT molecular complexity index is 391. The van der Waals surface area contributed by atoms with Crippen LogP contribution in [-0.4, -0.2) is 25.2 Å². The highest BCUT2D eigenvalue weighted by molar-refractivity contribution is 9.10. The summed E-state index contributed by atoms with van der Waals surface area (Å²) in [4.78, 5) is 4.36. The van der Waals surface area contributed by atoms with Crippen LogP contribution in [-0.2, 0) is 4.74 Å². The summed E-state index contributed by atoms with van der Waals surface area (Å²) in [7, 11) is 1.77. The number of methoxy groups -OCH3 is 1. The molecule has 1 aromatic rings. The van der Waals surface area contributed by atoms with Crippen LogP contribution in [0.15, 0.2) is 16.7 Å². The van der Waals surface area contributed by atoms with Gasteiger partial charge in [0, 0.05) is 26.5 Å². The summed E-state index contributed by atoms with van der Waals surface area (Å²) >= 11 is 3.57. The van der Waals surface area contributed by atoms with Gasteiger partial charge in [0.05, 0.1) is 4.47 Å². The van der Waals surface area contributed by atoms with E-state index < -0.39 is 0 Å². The molecule has 1 N–H and O–H groups in total. The second kappa shape index (κ2) is 5.36. The molecule has 0 saturated heterocycles. The zero-order valence-corrected chi connectivity index (χ0v) is 12.0. The topological polar surface area (TPSA) is 34.1 Å². The van der Waals surface area contributed by atoms with Crippen LogP contribution < -0.4 is 5.32 Å². The normalized spacial score (nSPS) is 16.9. The van der Waals surface area contributed by atoms with Crippen molar-refractivity contribution in [3.05, 3.63) is 22.3 Å². The zero-order valence-electron chi connectivity index (χ0n) is 10.4. The maximum absolute atomic E-state index is 5.16. The number of hydrogen-bond donors (Lipinski definition) is 1. The van der Waals surface area contributed by atoms with E-state index in [1.807, 2.05) is 12.3 Å². The predicted molar refractivity (Wildman–Crippen MR) is 73.3 cm³/mol. The lowest BCUT2D eigenvalue weighted by Gasteiger charge is -2.17. The van der Waals surface area contributed by atoms with Crippen LogP contribution in [0.5, 0.6) is 0 Å². The molecular weight excluding hydrogens is 280 g/mol. The van der Waals surface area contributed by atoms with Crippen molar-refractivity contribution in [2.24, 2.45) is 5.41 Å². The summed E-state index contributed by atoms with van der Waals surface area (Å²) in [6, 6.07) is 2.01. The molecular formula is C13H19BrN2O. The van der Waals surface area contributed by atoms with Crippen LogP contribution in [0.1, 0.15) is 24.8 Å². The lowest BCUT2D eigenvalue weighted by atomic mass is 10.0. The summed E-state index contributed by atoms with van der Waals surface area (Å²) in [6.07, 6.45) is 5.58. The number of nitrogens with one attached hydrogen (secondary N) is 1. The molecule has 1 aromatic heterocycles. The molecule has 17 heavy (non-hydrogen) atoms. The van der Waals surface area contributed by atoms with Crippen molar-refractivity contribution in [1.82, 2.24) is 4.98 Å². The van der Waals surface area contributed by atoms with Crippen molar-refractivity contribution < 1.29 is 4.74 Å². The highest BCUT2D eigenvalue weighted by atomic mass is 79.9. The van der Waals surface area contributed by atoms with Crippen LogP contribution in [0.4, 0.5) is 5.82 Å². The van der Waals surface area contributed by atoms with E-state index in [0.29, 0.717) is 5.41 Å². The number of anilines is 1. The maximum Gasteiger partial charge on any atom is 0.140 e. The zero-order chi connectivity index (χ0) is 12.3. The Hall–Kier alpha value is -0.610. The molecule has 1 aliphatic rings. The van der Waals surface area contributed by atoms with Gasteiger partial charge in [0.15, 0.2) is 0 Å². The van der Waals surface area contributed by atoms with Gasteiger partial charge in [-0.25, -0.2) is 4.98 Å². The Morgan fingerprint density at radius 3 is 2.94 bits per heavy atom. The number of aryl methyl sites for hydroxylation is 1. The fourth-order valence-electron chi connectivity index (χ4n) is 1.95. The van der Waals surface area contributed by atoms with Gasteiger partial charge in [-0.3, -0.25) is 0 Å². The van der Waals surface area contributed by atoms with E-state index in [1.54, 1.807) is 7.11 Å². The Morgan fingerprint density at radius 2 is 2.29 bits per heavy atom. The average molecular weight is 299 g/mol. The van der Waals surface area contributed by atoms with Crippen molar-refractivity contribution in [3.8, 4) is 0 Å². The third-order valence-corrected chi connectivity index (χ3v) is 4.51. The molecule has 4 heteroatoms. The minimum Gasteiger partial charge on any atom is -0.385 e. The molecule has 0 amide bonds. The molecule has 1 heterocycles. The van der Waals surface area contributed by atoms with E-state index in [4.69, 9.17) is 4.74 Å². The van der Waals surface area contributed by atoms with Crippen molar-refractivity contribution in [2.75, 3.05) is 25.6 Å². The van der Waals surface area contributed by atoms with Crippen molar-refractivity contribution in [2.45, 2.75) is 26.2 Å². The van der Waals surface area contributed by atoms with Gasteiger partial charge in [0.2, 0.25) is 0 Å². The molecule has 2 rings (SSSR count). The number of nitrogens with zero attached hydrogens (tertiary/aromatic N) is 1. The molecule has 94 valence electrons. The van der Waals surface area contributed by atoms with Gasteiger partial charge < -0.3 is 10.1 Å². The number of rotatable bonds is 6. The Morgan fingerprint density at radius 1 is 1.53 bits per heavy atom.